The van der Waals surface area contributed by atoms with Gasteiger partial charge >= 0.3 is 0 Å². The fraction of sp³-hybridized carbons (Fsp3) is 0.469. The molecular weight excluding hydrogens is 636 g/mol. The van der Waals surface area contributed by atoms with Crippen LogP contribution in [0.4, 0.5) is 11.6 Å². The van der Waals surface area contributed by atoms with Crippen molar-refractivity contribution in [1.29, 1.82) is 10.9 Å². The van der Waals surface area contributed by atoms with E-state index in [-0.39, 0.29) is 18.7 Å². The number of hydrogen-bond donors (Lipinski definition) is 3. The molecule has 0 unspecified atom stereocenters. The van der Waals surface area contributed by atoms with Gasteiger partial charge in [0.2, 0.25) is 5.95 Å². The summed E-state index contributed by atoms with van der Waals surface area (Å²) in [4.78, 5) is 11.8. The third-order valence-electron chi connectivity index (χ3n) is 8.79. The third-order valence-corrected chi connectivity index (χ3v) is 9.10. The monoisotopic (exact) mass is 676 g/mol. The van der Waals surface area contributed by atoms with Crippen molar-refractivity contribution < 1.29 is 14.2 Å². The van der Waals surface area contributed by atoms with Gasteiger partial charge < -0.3 is 19.5 Å². The number of morpholine rings is 1. The zero-order chi connectivity index (χ0) is 33.5. The maximum atomic E-state index is 7.33. The number of nitrogens with zero attached hydrogens (tertiary/aromatic N) is 9. The maximum absolute atomic E-state index is 7.33. The summed E-state index contributed by atoms with van der Waals surface area (Å²) in [7, 11) is 1.89. The Labute approximate surface area is 284 Å². The fourth-order valence-electron chi connectivity index (χ4n) is 6.15. The number of hydrogen-bond acceptors (Lipinski definition) is 12. The molecule has 15 nitrogen and oxygen atoms in total. The molecule has 6 rings (SSSR count). The predicted molar refractivity (Wildman–Crippen MR) is 180 cm³/mol. The second-order valence-electron chi connectivity index (χ2n) is 12.0. The van der Waals surface area contributed by atoms with Crippen LogP contribution in [0.25, 0.3) is 11.1 Å². The van der Waals surface area contributed by atoms with Gasteiger partial charge in [-0.25, -0.2) is 15.0 Å². The van der Waals surface area contributed by atoms with Gasteiger partial charge in [0.25, 0.3) is 5.88 Å². The molecule has 0 amide bonds. The highest BCUT2D eigenvalue weighted by Crippen LogP contribution is 2.35. The van der Waals surface area contributed by atoms with Crippen LogP contribution in [0, 0.1) is 10.9 Å². The van der Waals surface area contributed by atoms with E-state index in [9.17, 15) is 0 Å². The zero-order valence-corrected chi connectivity index (χ0v) is 27.9. The lowest BCUT2D eigenvalue weighted by molar-refractivity contribution is 0.00502. The Bertz CT molecular complexity index is 1660. The fourth-order valence-corrected chi connectivity index (χ4v) is 6.31. The summed E-state index contributed by atoms with van der Waals surface area (Å²) >= 11 is 6.41. The van der Waals surface area contributed by atoms with Crippen molar-refractivity contribution in [2.45, 2.75) is 57.4 Å². The van der Waals surface area contributed by atoms with Crippen LogP contribution < -0.4 is 14.8 Å². The van der Waals surface area contributed by atoms with Gasteiger partial charge in [-0.15, -0.1) is 5.10 Å². The van der Waals surface area contributed by atoms with Crippen LogP contribution in [0.5, 0.6) is 11.6 Å². The van der Waals surface area contributed by atoms with Gasteiger partial charge in [0, 0.05) is 50.3 Å². The second-order valence-corrected chi connectivity index (χ2v) is 12.4. The summed E-state index contributed by atoms with van der Waals surface area (Å²) in [5.74, 6) is 1.36. The lowest BCUT2D eigenvalue weighted by Gasteiger charge is -2.38. The normalized spacial score (nSPS) is 19.0. The number of halogens is 1. The van der Waals surface area contributed by atoms with Crippen molar-refractivity contribution in [1.82, 2.24) is 39.4 Å². The minimum absolute atomic E-state index is 0.233. The zero-order valence-electron chi connectivity index (χ0n) is 27.1. The molecule has 1 saturated carbocycles. The molecule has 254 valence electrons. The van der Waals surface area contributed by atoms with E-state index in [2.05, 4.69) is 30.5 Å². The molecule has 3 N–H and O–H groups in total. The standard InChI is InChI=1S/C32H41ClN12O3/c1-22(18-44(21-34)41-35)48-30-15-23(3-8-28(30)33)24-16-36-32(37-17-24)39-29-19-45(40-31(29)47-20-27-9-10-38-42(27)2)26-6-4-25(5-7-26)43-11-13-46-14-12-43/h3,8-10,15-17,19,21-22,25-26,34-35H,4-7,11-14,18,20H2,1-2H3,(H,36,37,39)/t22-,25?,26?/m0/s1. The highest BCUT2D eigenvalue weighted by molar-refractivity contribution is 6.32. The van der Waals surface area contributed by atoms with Crippen molar-refractivity contribution in [3.8, 4) is 22.8 Å². The van der Waals surface area contributed by atoms with Crippen molar-refractivity contribution in [3.05, 3.63) is 59.8 Å². The first kappa shape index (κ1) is 33.3. The molecule has 1 aliphatic carbocycles. The van der Waals surface area contributed by atoms with Gasteiger partial charge in [0.15, 0.2) is 0 Å². The van der Waals surface area contributed by atoms with E-state index in [1.807, 2.05) is 43.0 Å². The van der Waals surface area contributed by atoms with E-state index in [0.29, 0.717) is 40.9 Å². The number of aromatic nitrogens is 6. The largest absolute Gasteiger partial charge is 0.487 e. The van der Waals surface area contributed by atoms with Gasteiger partial charge in [-0.05, 0) is 56.4 Å². The van der Waals surface area contributed by atoms with Gasteiger partial charge in [0.1, 0.15) is 30.5 Å². The number of rotatable bonds is 14. The van der Waals surface area contributed by atoms with Crippen LogP contribution in [-0.2, 0) is 18.4 Å². The van der Waals surface area contributed by atoms with Gasteiger partial charge in [-0.1, -0.05) is 22.9 Å². The quantitative estimate of drug-likeness (QED) is 0.0672. The average Bonchev–Trinajstić information content (AvgIpc) is 3.72. The van der Waals surface area contributed by atoms with Crippen molar-refractivity contribution >= 4 is 29.6 Å². The van der Waals surface area contributed by atoms with E-state index < -0.39 is 0 Å². The van der Waals surface area contributed by atoms with E-state index in [1.54, 1.807) is 29.3 Å². The molecule has 1 atom stereocenters. The lowest BCUT2D eigenvalue weighted by Crippen LogP contribution is -2.45. The first-order valence-electron chi connectivity index (χ1n) is 16.1. The molecule has 2 fully saturated rings. The predicted octanol–water partition coefficient (Wildman–Crippen LogP) is 5.49. The molecule has 2 aliphatic rings. The van der Waals surface area contributed by atoms with Crippen molar-refractivity contribution in [3.63, 3.8) is 0 Å². The molecular formula is C32H41ClN12O3. The Kier molecular flexibility index (Phi) is 10.8. The van der Waals surface area contributed by atoms with E-state index in [0.717, 1.165) is 80.2 Å². The SMILES string of the molecule is C[C@@H](CN(C=N)N=N)Oc1cc(-c2cnc(Nc3cn(C4CCC(N5CCOCC5)CC4)nc3OCc3ccnn3C)nc2)ccc1Cl. The summed E-state index contributed by atoms with van der Waals surface area (Å²) < 4.78 is 21.6. The number of benzene rings is 1. The lowest BCUT2D eigenvalue weighted by atomic mass is 9.90. The summed E-state index contributed by atoms with van der Waals surface area (Å²) in [6.07, 6.45) is 12.1. The molecule has 48 heavy (non-hydrogen) atoms. The first-order valence-corrected chi connectivity index (χ1v) is 16.5. The summed E-state index contributed by atoms with van der Waals surface area (Å²) in [6.45, 7) is 6.04. The third kappa shape index (κ3) is 8.09. The van der Waals surface area contributed by atoms with Crippen LogP contribution in [0.15, 0.2) is 54.3 Å². The van der Waals surface area contributed by atoms with Crippen molar-refractivity contribution in [2.24, 2.45) is 12.3 Å². The molecule has 1 saturated heterocycles. The topological polar surface area (TPSA) is 168 Å². The van der Waals surface area contributed by atoms with E-state index in [4.69, 9.17) is 41.9 Å². The Morgan fingerprint density at radius 3 is 2.56 bits per heavy atom. The first-order chi connectivity index (χ1) is 23.4. The molecule has 0 bridgehead atoms. The molecule has 0 spiro atoms. The Morgan fingerprint density at radius 2 is 1.88 bits per heavy atom. The molecule has 4 heterocycles. The smallest absolute Gasteiger partial charge is 0.257 e. The van der Waals surface area contributed by atoms with Crippen LogP contribution >= 0.6 is 11.6 Å². The minimum Gasteiger partial charge on any atom is -0.487 e. The Hall–Kier alpha value is -4.60. The summed E-state index contributed by atoms with van der Waals surface area (Å²) in [6, 6.07) is 8.24. The molecule has 16 heteroatoms. The number of aryl methyl sites for hydroxylation is 1. The van der Waals surface area contributed by atoms with Crippen LogP contribution in [-0.4, -0.2) is 90.8 Å². The number of nitrogens with one attached hydrogen (secondary N) is 3. The van der Waals surface area contributed by atoms with E-state index >= 15 is 0 Å². The Balaban J connectivity index is 1.15. The molecule has 0 radical (unpaired) electrons. The minimum atomic E-state index is -0.369. The molecule has 4 aromatic rings. The van der Waals surface area contributed by atoms with Gasteiger partial charge in [-0.2, -0.15) is 10.6 Å². The molecule has 1 aromatic carbocycles. The van der Waals surface area contributed by atoms with Crippen LogP contribution in [0.2, 0.25) is 5.02 Å². The van der Waals surface area contributed by atoms with Crippen molar-refractivity contribution in [2.75, 3.05) is 38.2 Å². The summed E-state index contributed by atoms with van der Waals surface area (Å²) in [5, 5.41) is 24.7. The highest BCUT2D eigenvalue weighted by Gasteiger charge is 2.29. The van der Waals surface area contributed by atoms with E-state index in [1.165, 1.54) is 0 Å². The Morgan fingerprint density at radius 1 is 1.12 bits per heavy atom. The van der Waals surface area contributed by atoms with Gasteiger partial charge in [-0.3, -0.25) is 19.7 Å². The number of ether oxygens (including phenoxy) is 3. The molecule has 3 aromatic heterocycles. The highest BCUT2D eigenvalue weighted by atomic mass is 35.5. The second kappa shape index (κ2) is 15.5. The van der Waals surface area contributed by atoms with Crippen LogP contribution in [0.1, 0.15) is 44.3 Å². The maximum Gasteiger partial charge on any atom is 0.257 e. The summed E-state index contributed by atoms with van der Waals surface area (Å²) in [5.41, 5.74) is 10.4. The molecule has 1 aliphatic heterocycles. The van der Waals surface area contributed by atoms with Gasteiger partial charge in [0.05, 0.1) is 42.7 Å². The number of anilines is 2. The van der Waals surface area contributed by atoms with Crippen LogP contribution in [0.3, 0.4) is 0 Å². The average molecular weight is 677 g/mol.